The summed E-state index contributed by atoms with van der Waals surface area (Å²) < 4.78 is 10.8. The van der Waals surface area contributed by atoms with Gasteiger partial charge in [0.05, 0.1) is 0 Å². The Balaban J connectivity index is 3.19. The summed E-state index contributed by atoms with van der Waals surface area (Å²) in [7, 11) is -0.715. The molecule has 0 aromatic heterocycles. The molecule has 0 rings (SSSR count). The maximum absolute atomic E-state index is 10.8. The van der Waals surface area contributed by atoms with Gasteiger partial charge < -0.3 is 10.4 Å². The van der Waals surface area contributed by atoms with Crippen LogP contribution in [-0.4, -0.2) is 40.5 Å². The van der Waals surface area contributed by atoms with Crippen LogP contribution in [0, 0.1) is 0 Å². The van der Waals surface area contributed by atoms with Crippen LogP contribution in [0.15, 0.2) is 0 Å². The molecule has 0 saturated carbocycles. The average Bonchev–Trinajstić information content (AvgIpc) is 1.97. The van der Waals surface area contributed by atoms with Gasteiger partial charge in [-0.25, -0.2) is 0 Å². The molecule has 2 unspecified atom stereocenters. The zero-order valence-electron chi connectivity index (χ0n) is 7.88. The number of rotatable bonds is 7. The lowest BCUT2D eigenvalue weighted by molar-refractivity contribution is 0.283. The lowest BCUT2D eigenvalue weighted by Gasteiger charge is -2.11. The Labute approximate surface area is 77.0 Å². The summed E-state index contributed by atoms with van der Waals surface area (Å²) in [4.78, 5) is 0. The predicted octanol–water partition coefficient (Wildman–Crippen LogP) is 0.115. The smallest absolute Gasteiger partial charge is 0.0431 e. The van der Waals surface area contributed by atoms with E-state index in [1.54, 1.807) is 6.26 Å². The minimum absolute atomic E-state index is 0.260. The van der Waals surface area contributed by atoms with Crippen molar-refractivity contribution in [3.63, 3.8) is 0 Å². The van der Waals surface area contributed by atoms with Crippen LogP contribution in [0.25, 0.3) is 0 Å². The molecular formula is C8H19NO2S. The van der Waals surface area contributed by atoms with E-state index in [0.717, 1.165) is 19.4 Å². The Bertz CT molecular complexity index is 130. The van der Waals surface area contributed by atoms with Gasteiger partial charge in [0, 0.05) is 35.5 Å². The van der Waals surface area contributed by atoms with Gasteiger partial charge in [0.1, 0.15) is 0 Å². The largest absolute Gasteiger partial charge is 0.396 e. The van der Waals surface area contributed by atoms with Gasteiger partial charge in [0.2, 0.25) is 0 Å². The summed E-state index contributed by atoms with van der Waals surface area (Å²) >= 11 is 0. The molecule has 4 heteroatoms. The molecule has 0 amide bonds. The van der Waals surface area contributed by atoms with Gasteiger partial charge in [-0.05, 0) is 26.3 Å². The predicted molar refractivity (Wildman–Crippen MR) is 52.7 cm³/mol. The first-order valence-corrected chi connectivity index (χ1v) is 6.03. The molecule has 0 heterocycles. The van der Waals surface area contributed by atoms with Gasteiger partial charge in [-0.15, -0.1) is 0 Å². The first kappa shape index (κ1) is 12.1. The molecule has 0 aliphatic carbocycles. The quantitative estimate of drug-likeness (QED) is 0.564. The highest BCUT2D eigenvalue weighted by Crippen LogP contribution is 1.88. The summed E-state index contributed by atoms with van der Waals surface area (Å²) in [5.41, 5.74) is 0. The van der Waals surface area contributed by atoms with Crippen molar-refractivity contribution in [1.29, 1.82) is 0 Å². The highest BCUT2D eigenvalue weighted by Gasteiger charge is 2.01. The molecule has 2 N–H and O–H groups in total. The van der Waals surface area contributed by atoms with E-state index >= 15 is 0 Å². The van der Waals surface area contributed by atoms with Gasteiger partial charge >= 0.3 is 0 Å². The molecule has 2 atom stereocenters. The number of hydrogen-bond acceptors (Lipinski definition) is 3. The number of aliphatic hydroxyl groups excluding tert-OH is 1. The fourth-order valence-electron chi connectivity index (χ4n) is 0.996. The van der Waals surface area contributed by atoms with E-state index in [0.29, 0.717) is 11.8 Å². The first-order valence-electron chi connectivity index (χ1n) is 4.31. The normalized spacial score (nSPS) is 15.9. The van der Waals surface area contributed by atoms with Gasteiger partial charge in [-0.2, -0.15) is 0 Å². The van der Waals surface area contributed by atoms with E-state index in [1.807, 2.05) is 6.92 Å². The maximum Gasteiger partial charge on any atom is 0.0431 e. The van der Waals surface area contributed by atoms with Crippen LogP contribution in [0.4, 0.5) is 0 Å². The average molecular weight is 193 g/mol. The van der Waals surface area contributed by atoms with E-state index in [-0.39, 0.29) is 6.61 Å². The summed E-state index contributed by atoms with van der Waals surface area (Å²) in [6, 6.07) is 0.314. The lowest BCUT2D eigenvalue weighted by Crippen LogP contribution is -2.31. The summed E-state index contributed by atoms with van der Waals surface area (Å²) in [5.74, 6) is 0.707. The highest BCUT2D eigenvalue weighted by molar-refractivity contribution is 7.84. The van der Waals surface area contributed by atoms with Gasteiger partial charge in [0.15, 0.2) is 0 Å². The van der Waals surface area contributed by atoms with Crippen LogP contribution in [0.2, 0.25) is 0 Å². The Hall–Kier alpha value is 0.0700. The third-order valence-corrected chi connectivity index (χ3v) is 2.53. The second kappa shape index (κ2) is 7.71. The van der Waals surface area contributed by atoms with Gasteiger partial charge in [0.25, 0.3) is 0 Å². The SMILES string of the molecule is CC(CS(C)=O)NCCCCO. The Morgan fingerprint density at radius 1 is 1.50 bits per heavy atom. The highest BCUT2D eigenvalue weighted by atomic mass is 32.2. The van der Waals surface area contributed by atoms with Crippen molar-refractivity contribution >= 4 is 10.8 Å². The summed E-state index contributed by atoms with van der Waals surface area (Å²) in [6.45, 7) is 3.19. The van der Waals surface area contributed by atoms with Crippen LogP contribution in [0.3, 0.4) is 0 Å². The number of aliphatic hydroxyl groups is 1. The van der Waals surface area contributed by atoms with E-state index in [2.05, 4.69) is 5.32 Å². The lowest BCUT2D eigenvalue weighted by atomic mass is 10.3. The standard InChI is InChI=1S/C8H19NO2S/c1-8(7-12(2)11)9-5-3-4-6-10/h8-10H,3-7H2,1-2H3. The molecule has 3 nitrogen and oxygen atoms in total. The first-order chi connectivity index (χ1) is 5.66. The molecule has 0 bridgehead atoms. The Kier molecular flexibility index (Phi) is 7.75. The van der Waals surface area contributed by atoms with Crippen molar-refractivity contribution in [3.05, 3.63) is 0 Å². The summed E-state index contributed by atoms with van der Waals surface area (Å²) in [6.07, 6.45) is 3.54. The molecule has 0 aromatic carbocycles. The molecule has 0 saturated heterocycles. The minimum Gasteiger partial charge on any atom is -0.396 e. The second-order valence-corrected chi connectivity index (χ2v) is 4.51. The monoisotopic (exact) mass is 193 g/mol. The van der Waals surface area contributed by atoms with E-state index in [1.165, 1.54) is 0 Å². The van der Waals surface area contributed by atoms with E-state index in [9.17, 15) is 4.21 Å². The Morgan fingerprint density at radius 3 is 2.67 bits per heavy atom. The molecule has 0 spiro atoms. The zero-order valence-corrected chi connectivity index (χ0v) is 8.69. The molecule has 0 fully saturated rings. The van der Waals surface area contributed by atoms with E-state index in [4.69, 9.17) is 5.11 Å². The number of nitrogens with one attached hydrogen (secondary N) is 1. The van der Waals surface area contributed by atoms with Crippen LogP contribution in [0.5, 0.6) is 0 Å². The third kappa shape index (κ3) is 8.17. The minimum atomic E-state index is -0.715. The van der Waals surface area contributed by atoms with Crippen LogP contribution < -0.4 is 5.32 Å². The van der Waals surface area contributed by atoms with Crippen molar-refractivity contribution in [3.8, 4) is 0 Å². The number of unbranched alkanes of at least 4 members (excludes halogenated alkanes) is 1. The topological polar surface area (TPSA) is 49.3 Å². The van der Waals surface area contributed by atoms with Crippen molar-refractivity contribution < 1.29 is 9.32 Å². The number of hydrogen-bond donors (Lipinski definition) is 2. The third-order valence-electron chi connectivity index (χ3n) is 1.56. The molecular weight excluding hydrogens is 174 g/mol. The van der Waals surface area contributed by atoms with Crippen molar-refractivity contribution in [2.75, 3.05) is 25.2 Å². The molecule has 0 radical (unpaired) electrons. The van der Waals surface area contributed by atoms with Crippen molar-refractivity contribution in [1.82, 2.24) is 5.32 Å². The van der Waals surface area contributed by atoms with Crippen LogP contribution >= 0.6 is 0 Å². The van der Waals surface area contributed by atoms with Gasteiger partial charge in [-0.1, -0.05) is 0 Å². The fourth-order valence-corrected chi connectivity index (χ4v) is 1.82. The molecule has 0 aromatic rings. The van der Waals surface area contributed by atoms with Crippen molar-refractivity contribution in [2.24, 2.45) is 0 Å². The fraction of sp³-hybridized carbons (Fsp3) is 1.00. The molecule has 12 heavy (non-hydrogen) atoms. The Morgan fingerprint density at radius 2 is 2.17 bits per heavy atom. The molecule has 0 aliphatic rings. The van der Waals surface area contributed by atoms with Gasteiger partial charge in [-0.3, -0.25) is 4.21 Å². The molecule has 74 valence electrons. The van der Waals surface area contributed by atoms with Crippen LogP contribution in [-0.2, 0) is 10.8 Å². The molecule has 0 aliphatic heterocycles. The zero-order chi connectivity index (χ0) is 9.40. The van der Waals surface area contributed by atoms with Crippen molar-refractivity contribution in [2.45, 2.75) is 25.8 Å². The van der Waals surface area contributed by atoms with Crippen LogP contribution in [0.1, 0.15) is 19.8 Å². The summed E-state index contributed by atoms with van der Waals surface area (Å²) in [5, 5.41) is 11.7. The maximum atomic E-state index is 10.8. The van der Waals surface area contributed by atoms with E-state index < -0.39 is 10.8 Å². The second-order valence-electron chi connectivity index (χ2n) is 3.03.